The van der Waals surface area contributed by atoms with Crippen LogP contribution in [-0.2, 0) is 0 Å². The van der Waals surface area contributed by atoms with E-state index in [9.17, 15) is 4.79 Å². The highest BCUT2D eigenvalue weighted by Gasteiger charge is 2.22. The molecule has 1 aromatic heterocycles. The van der Waals surface area contributed by atoms with Crippen LogP contribution in [0.5, 0.6) is 0 Å². The number of amides is 1. The molecule has 24 heavy (non-hydrogen) atoms. The number of anilines is 1. The number of benzene rings is 2. The largest absolute Gasteiger partial charge is 0.368 e. The summed E-state index contributed by atoms with van der Waals surface area (Å²) in [6.07, 6.45) is 0. The summed E-state index contributed by atoms with van der Waals surface area (Å²) in [6.45, 7) is 5.14. The Balaban J connectivity index is 1.46. The van der Waals surface area contributed by atoms with Crippen molar-refractivity contribution >= 4 is 22.6 Å². The Hall–Kier alpha value is -2.82. The molecule has 4 rings (SSSR count). The van der Waals surface area contributed by atoms with Crippen molar-refractivity contribution in [2.45, 2.75) is 6.92 Å². The Bertz CT molecular complexity index is 863. The highest BCUT2D eigenvalue weighted by molar-refractivity contribution is 5.94. The summed E-state index contributed by atoms with van der Waals surface area (Å²) in [5.41, 5.74) is 4.00. The number of fused-ring (bicyclic) bond motifs is 1. The summed E-state index contributed by atoms with van der Waals surface area (Å²) in [7, 11) is 0. The first-order valence-corrected chi connectivity index (χ1v) is 8.26. The van der Waals surface area contributed by atoms with E-state index in [0.717, 1.165) is 48.6 Å². The second kappa shape index (κ2) is 6.00. The van der Waals surface area contributed by atoms with Gasteiger partial charge in [0.1, 0.15) is 5.82 Å². The van der Waals surface area contributed by atoms with Crippen molar-refractivity contribution in [1.82, 2.24) is 14.9 Å². The Morgan fingerprint density at radius 3 is 2.54 bits per heavy atom. The van der Waals surface area contributed by atoms with Crippen LogP contribution in [0.15, 0.2) is 48.5 Å². The van der Waals surface area contributed by atoms with E-state index < -0.39 is 0 Å². The first-order chi connectivity index (χ1) is 11.7. The molecule has 0 bridgehead atoms. The van der Waals surface area contributed by atoms with Crippen LogP contribution in [0.25, 0.3) is 11.0 Å². The van der Waals surface area contributed by atoms with Crippen LogP contribution in [0.2, 0.25) is 0 Å². The summed E-state index contributed by atoms with van der Waals surface area (Å²) in [4.78, 5) is 24.5. The van der Waals surface area contributed by atoms with E-state index in [1.165, 1.54) is 5.69 Å². The Morgan fingerprint density at radius 1 is 1.04 bits per heavy atom. The van der Waals surface area contributed by atoms with E-state index in [0.29, 0.717) is 0 Å². The molecule has 1 aliphatic rings. The van der Waals surface area contributed by atoms with Crippen LogP contribution >= 0.6 is 0 Å². The molecule has 0 atom stereocenters. The number of nitrogens with zero attached hydrogens (tertiary/aromatic N) is 3. The number of aromatic amines is 1. The molecule has 1 saturated heterocycles. The number of aromatic nitrogens is 2. The third kappa shape index (κ3) is 2.73. The number of rotatable bonds is 2. The number of aryl methyl sites for hydroxylation is 1. The van der Waals surface area contributed by atoms with Crippen LogP contribution in [0, 0.1) is 6.92 Å². The van der Waals surface area contributed by atoms with Gasteiger partial charge in [0.15, 0.2) is 0 Å². The second-order valence-electron chi connectivity index (χ2n) is 6.17. The van der Waals surface area contributed by atoms with E-state index in [1.54, 1.807) is 0 Å². The smallest absolute Gasteiger partial charge is 0.253 e. The number of nitrogens with one attached hydrogen (secondary N) is 1. The molecule has 1 aliphatic heterocycles. The van der Waals surface area contributed by atoms with Gasteiger partial charge < -0.3 is 14.8 Å². The molecule has 2 aromatic carbocycles. The van der Waals surface area contributed by atoms with Crippen molar-refractivity contribution in [1.29, 1.82) is 0 Å². The molecule has 1 amide bonds. The Labute approximate surface area is 140 Å². The molecule has 0 radical (unpaired) electrons. The first kappa shape index (κ1) is 14.8. The van der Waals surface area contributed by atoms with Crippen LogP contribution in [0.3, 0.4) is 0 Å². The Kier molecular flexibility index (Phi) is 3.69. The molecule has 0 aliphatic carbocycles. The molecule has 122 valence electrons. The van der Waals surface area contributed by atoms with Crippen molar-refractivity contribution in [3.8, 4) is 0 Å². The van der Waals surface area contributed by atoms with Crippen molar-refractivity contribution < 1.29 is 4.79 Å². The minimum atomic E-state index is 0.120. The number of carbonyl (C=O) groups excluding carboxylic acids is 1. The number of imidazole rings is 1. The average molecular weight is 320 g/mol. The third-order valence-corrected chi connectivity index (χ3v) is 4.54. The SMILES string of the molecule is Cc1nc2ccc(N3CCN(C(=O)c4ccccc4)CC3)cc2[nH]1. The highest BCUT2D eigenvalue weighted by atomic mass is 16.2. The lowest BCUT2D eigenvalue weighted by Crippen LogP contribution is -2.48. The monoisotopic (exact) mass is 320 g/mol. The lowest BCUT2D eigenvalue weighted by Gasteiger charge is -2.36. The van der Waals surface area contributed by atoms with E-state index in [-0.39, 0.29) is 5.91 Å². The molecular weight excluding hydrogens is 300 g/mol. The van der Waals surface area contributed by atoms with Crippen LogP contribution in [-0.4, -0.2) is 47.0 Å². The van der Waals surface area contributed by atoms with E-state index >= 15 is 0 Å². The van der Waals surface area contributed by atoms with Gasteiger partial charge in [-0.2, -0.15) is 0 Å². The fourth-order valence-electron chi connectivity index (χ4n) is 3.25. The zero-order chi connectivity index (χ0) is 16.5. The van der Waals surface area contributed by atoms with Gasteiger partial charge >= 0.3 is 0 Å². The van der Waals surface area contributed by atoms with Crippen LogP contribution in [0.4, 0.5) is 5.69 Å². The van der Waals surface area contributed by atoms with Crippen molar-refractivity contribution in [2.24, 2.45) is 0 Å². The fraction of sp³-hybridized carbons (Fsp3) is 0.263. The number of hydrogen-bond acceptors (Lipinski definition) is 3. The number of piperazine rings is 1. The van der Waals surface area contributed by atoms with Gasteiger partial charge in [-0.15, -0.1) is 0 Å². The number of carbonyl (C=O) groups is 1. The predicted octanol–water partition coefficient (Wildman–Crippen LogP) is 2.83. The highest BCUT2D eigenvalue weighted by Crippen LogP contribution is 2.22. The average Bonchev–Trinajstić information content (AvgIpc) is 3.01. The molecule has 3 aromatic rings. The van der Waals surface area contributed by atoms with Crippen molar-refractivity contribution in [2.75, 3.05) is 31.1 Å². The normalized spacial score (nSPS) is 15.0. The molecule has 0 spiro atoms. The zero-order valence-corrected chi connectivity index (χ0v) is 13.7. The summed E-state index contributed by atoms with van der Waals surface area (Å²) >= 11 is 0. The lowest BCUT2D eigenvalue weighted by molar-refractivity contribution is 0.0747. The standard InChI is InChI=1S/C19H20N4O/c1-14-20-17-8-7-16(13-18(17)21-14)22-9-11-23(12-10-22)19(24)15-5-3-2-4-6-15/h2-8,13H,9-12H2,1H3,(H,20,21). The van der Waals surface area contributed by atoms with E-state index in [4.69, 9.17) is 0 Å². The number of H-pyrrole nitrogens is 1. The van der Waals surface area contributed by atoms with E-state index in [2.05, 4.69) is 33.1 Å². The summed E-state index contributed by atoms with van der Waals surface area (Å²) in [6, 6.07) is 15.8. The zero-order valence-electron chi connectivity index (χ0n) is 13.7. The maximum absolute atomic E-state index is 12.5. The van der Waals surface area contributed by atoms with Crippen molar-refractivity contribution in [3.05, 3.63) is 59.9 Å². The summed E-state index contributed by atoms with van der Waals surface area (Å²) in [5, 5.41) is 0. The Morgan fingerprint density at radius 2 is 1.79 bits per heavy atom. The molecule has 5 nitrogen and oxygen atoms in total. The number of hydrogen-bond donors (Lipinski definition) is 1. The van der Waals surface area contributed by atoms with Gasteiger partial charge in [0.25, 0.3) is 5.91 Å². The van der Waals surface area contributed by atoms with Gasteiger partial charge in [0, 0.05) is 37.4 Å². The van der Waals surface area contributed by atoms with E-state index in [1.807, 2.05) is 42.2 Å². The minimum absolute atomic E-state index is 0.120. The summed E-state index contributed by atoms with van der Waals surface area (Å²) < 4.78 is 0. The van der Waals surface area contributed by atoms with Crippen molar-refractivity contribution in [3.63, 3.8) is 0 Å². The molecule has 1 fully saturated rings. The first-order valence-electron chi connectivity index (χ1n) is 8.26. The molecular formula is C19H20N4O. The van der Waals surface area contributed by atoms with Gasteiger partial charge in [0.2, 0.25) is 0 Å². The molecule has 5 heteroatoms. The topological polar surface area (TPSA) is 52.2 Å². The van der Waals surface area contributed by atoms with Gasteiger partial charge in [-0.1, -0.05) is 18.2 Å². The van der Waals surface area contributed by atoms with Crippen LogP contribution in [0.1, 0.15) is 16.2 Å². The molecule has 0 unspecified atom stereocenters. The summed E-state index contributed by atoms with van der Waals surface area (Å²) in [5.74, 6) is 1.05. The van der Waals surface area contributed by atoms with Gasteiger partial charge in [-0.3, -0.25) is 4.79 Å². The third-order valence-electron chi connectivity index (χ3n) is 4.54. The molecule has 0 saturated carbocycles. The minimum Gasteiger partial charge on any atom is -0.368 e. The maximum atomic E-state index is 12.5. The van der Waals surface area contributed by atoms with Gasteiger partial charge in [-0.05, 0) is 37.3 Å². The fourth-order valence-corrected chi connectivity index (χ4v) is 3.25. The quantitative estimate of drug-likeness (QED) is 0.790. The maximum Gasteiger partial charge on any atom is 0.253 e. The second-order valence-corrected chi connectivity index (χ2v) is 6.17. The predicted molar refractivity (Wildman–Crippen MR) is 95.4 cm³/mol. The lowest BCUT2D eigenvalue weighted by atomic mass is 10.1. The molecule has 1 N–H and O–H groups in total. The van der Waals surface area contributed by atoms with Crippen LogP contribution < -0.4 is 4.90 Å². The van der Waals surface area contributed by atoms with Gasteiger partial charge in [-0.25, -0.2) is 4.98 Å². The van der Waals surface area contributed by atoms with Gasteiger partial charge in [0.05, 0.1) is 11.0 Å². The molecule has 2 heterocycles.